The number of hydrogen-bond donors (Lipinski definition) is 3. The molecular weight excluding hydrogens is 482 g/mol. The lowest BCUT2D eigenvalue weighted by atomic mass is 9.83. The molecule has 0 aliphatic rings. The van der Waals surface area contributed by atoms with Gasteiger partial charge in [-0.25, -0.2) is 0 Å². The Morgan fingerprint density at radius 3 is 2.00 bits per heavy atom. The molecule has 0 aliphatic carbocycles. The van der Waals surface area contributed by atoms with Gasteiger partial charge in [0, 0.05) is 21.2 Å². The molecule has 0 aromatic heterocycles. The first-order chi connectivity index (χ1) is 13.5. The topological polar surface area (TPSA) is 94.8 Å². The predicted octanol–water partition coefficient (Wildman–Crippen LogP) is 5.89. The fourth-order valence-electron chi connectivity index (χ4n) is 3.20. The quantitative estimate of drug-likeness (QED) is 0.239. The molecular formula is C19H12Cl4O5S. The molecule has 0 heterocycles. The van der Waals surface area contributed by atoms with Gasteiger partial charge in [-0.05, 0) is 42.0 Å². The van der Waals surface area contributed by atoms with Crippen molar-refractivity contribution < 1.29 is 23.2 Å². The minimum Gasteiger partial charge on any atom is -0.508 e. The maximum atomic E-state index is 12.9. The molecule has 0 amide bonds. The van der Waals surface area contributed by atoms with Gasteiger partial charge in [0.05, 0.1) is 10.0 Å². The number of phenols is 2. The van der Waals surface area contributed by atoms with Crippen LogP contribution in [0.5, 0.6) is 11.5 Å². The van der Waals surface area contributed by atoms with Crippen molar-refractivity contribution in [1.82, 2.24) is 0 Å². The summed E-state index contributed by atoms with van der Waals surface area (Å²) in [6, 6.07) is 11.2. The van der Waals surface area contributed by atoms with Gasteiger partial charge >= 0.3 is 0 Å². The van der Waals surface area contributed by atoms with E-state index >= 15 is 0 Å². The molecule has 0 saturated heterocycles. The van der Waals surface area contributed by atoms with E-state index in [-0.39, 0.29) is 42.5 Å². The molecule has 0 aliphatic heterocycles. The van der Waals surface area contributed by atoms with Crippen LogP contribution >= 0.6 is 46.4 Å². The normalized spacial score (nSPS) is 13.8. The lowest BCUT2D eigenvalue weighted by Crippen LogP contribution is -2.38. The summed E-state index contributed by atoms with van der Waals surface area (Å²) in [6.45, 7) is 0. The molecule has 3 aromatic carbocycles. The van der Waals surface area contributed by atoms with E-state index in [0.717, 1.165) is 12.1 Å². The van der Waals surface area contributed by atoms with Crippen molar-refractivity contribution in [2.75, 3.05) is 0 Å². The van der Waals surface area contributed by atoms with Crippen LogP contribution in [-0.4, -0.2) is 23.2 Å². The Labute approximate surface area is 186 Å². The van der Waals surface area contributed by atoms with E-state index in [9.17, 15) is 23.2 Å². The van der Waals surface area contributed by atoms with Crippen molar-refractivity contribution in [3.8, 4) is 11.5 Å². The number of hydrogen-bond acceptors (Lipinski definition) is 4. The third kappa shape index (κ3) is 3.77. The Morgan fingerprint density at radius 1 is 0.759 bits per heavy atom. The van der Waals surface area contributed by atoms with Crippen LogP contribution in [0.1, 0.15) is 16.7 Å². The van der Waals surface area contributed by atoms with Crippen LogP contribution in [0.4, 0.5) is 0 Å². The molecule has 0 fully saturated rings. The molecule has 0 spiro atoms. The van der Waals surface area contributed by atoms with Crippen LogP contribution < -0.4 is 0 Å². The summed E-state index contributed by atoms with van der Waals surface area (Å²) >= 11 is 24.3. The Bertz CT molecular complexity index is 1210. The van der Waals surface area contributed by atoms with Crippen LogP contribution in [0.2, 0.25) is 20.1 Å². The smallest absolute Gasteiger partial charge is 0.283 e. The summed E-state index contributed by atoms with van der Waals surface area (Å²) in [5.41, 5.74) is -0.535. The van der Waals surface area contributed by atoms with E-state index in [4.69, 9.17) is 46.4 Å². The fraction of sp³-hybridized carbons (Fsp3) is 0.0526. The van der Waals surface area contributed by atoms with Crippen molar-refractivity contribution in [3.05, 3.63) is 91.4 Å². The lowest BCUT2D eigenvalue weighted by Gasteiger charge is -2.34. The standard InChI is InChI=1S/C19H12Cl4O5S/c20-11-4-5-13(18(25)7-11)19(29(26,27)28,10-2-1-3-12(24)6-10)14-8-16(22)17(23)9-15(14)21/h1-9,24-25H,(H,26,27,28). The van der Waals surface area contributed by atoms with E-state index in [1.807, 2.05) is 0 Å². The number of aromatic hydroxyl groups is 2. The highest BCUT2D eigenvalue weighted by atomic mass is 35.5. The molecule has 1 unspecified atom stereocenters. The molecule has 10 heteroatoms. The SMILES string of the molecule is O=S(=O)(O)C(c1cccc(O)c1)(c1ccc(Cl)cc1O)c1cc(Cl)c(Cl)cc1Cl. The van der Waals surface area contributed by atoms with Crippen molar-refractivity contribution in [1.29, 1.82) is 0 Å². The van der Waals surface area contributed by atoms with Gasteiger partial charge in [-0.3, -0.25) is 4.55 Å². The predicted molar refractivity (Wildman–Crippen MR) is 114 cm³/mol. The maximum Gasteiger partial charge on any atom is 0.283 e. The largest absolute Gasteiger partial charge is 0.508 e. The van der Waals surface area contributed by atoms with Crippen LogP contribution in [0, 0.1) is 0 Å². The molecule has 3 rings (SSSR count). The monoisotopic (exact) mass is 492 g/mol. The third-order valence-corrected chi connectivity index (χ3v) is 7.09. The van der Waals surface area contributed by atoms with Gasteiger partial charge in [-0.15, -0.1) is 0 Å². The number of rotatable bonds is 4. The van der Waals surface area contributed by atoms with E-state index in [0.29, 0.717) is 0 Å². The van der Waals surface area contributed by atoms with Crippen molar-refractivity contribution in [3.63, 3.8) is 0 Å². The number of halogens is 4. The maximum absolute atomic E-state index is 12.9. The van der Waals surface area contributed by atoms with E-state index in [1.54, 1.807) is 0 Å². The second-order valence-electron chi connectivity index (χ2n) is 6.11. The molecule has 1 atom stereocenters. The molecule has 29 heavy (non-hydrogen) atoms. The fourth-order valence-corrected chi connectivity index (χ4v) is 5.44. The van der Waals surface area contributed by atoms with E-state index in [1.165, 1.54) is 42.5 Å². The molecule has 3 N–H and O–H groups in total. The molecule has 0 bridgehead atoms. The summed E-state index contributed by atoms with van der Waals surface area (Å²) < 4.78 is 33.9. The summed E-state index contributed by atoms with van der Waals surface area (Å²) in [7, 11) is -5.09. The van der Waals surface area contributed by atoms with Gasteiger partial charge in [0.1, 0.15) is 11.5 Å². The Kier molecular flexibility index (Phi) is 5.98. The molecule has 152 valence electrons. The third-order valence-electron chi connectivity index (χ3n) is 4.37. The summed E-state index contributed by atoms with van der Waals surface area (Å²) in [6.07, 6.45) is 0. The highest BCUT2D eigenvalue weighted by molar-refractivity contribution is 7.87. The first-order valence-electron chi connectivity index (χ1n) is 7.89. The van der Waals surface area contributed by atoms with Crippen LogP contribution in [0.3, 0.4) is 0 Å². The molecule has 0 saturated carbocycles. The van der Waals surface area contributed by atoms with Crippen molar-refractivity contribution in [2.45, 2.75) is 4.75 Å². The zero-order chi connectivity index (χ0) is 21.6. The minimum absolute atomic E-state index is 0.0345. The first kappa shape index (κ1) is 22.0. The second kappa shape index (κ2) is 7.87. The number of phenolic OH excluding ortho intramolecular Hbond substituents is 2. The van der Waals surface area contributed by atoms with Gasteiger partial charge in [-0.1, -0.05) is 64.6 Å². The molecule has 0 radical (unpaired) electrons. The molecule has 5 nitrogen and oxygen atoms in total. The highest BCUT2D eigenvalue weighted by Crippen LogP contribution is 2.51. The summed E-state index contributed by atoms with van der Waals surface area (Å²) in [5.74, 6) is -0.805. The van der Waals surface area contributed by atoms with Gasteiger partial charge in [0.2, 0.25) is 0 Å². The van der Waals surface area contributed by atoms with Crippen LogP contribution in [-0.2, 0) is 14.9 Å². The number of benzene rings is 3. The van der Waals surface area contributed by atoms with E-state index in [2.05, 4.69) is 0 Å². The minimum atomic E-state index is -5.09. The highest BCUT2D eigenvalue weighted by Gasteiger charge is 2.51. The summed E-state index contributed by atoms with van der Waals surface area (Å²) in [5, 5.41) is 20.6. The van der Waals surface area contributed by atoms with Gasteiger partial charge in [0.25, 0.3) is 10.1 Å². The van der Waals surface area contributed by atoms with Crippen molar-refractivity contribution >= 4 is 56.5 Å². The summed E-state index contributed by atoms with van der Waals surface area (Å²) in [4.78, 5) is 0. The Balaban J connectivity index is 2.61. The average Bonchev–Trinajstić information content (AvgIpc) is 2.60. The second-order valence-corrected chi connectivity index (χ2v) is 9.33. The Morgan fingerprint density at radius 2 is 1.41 bits per heavy atom. The Hall–Kier alpha value is -1.67. The van der Waals surface area contributed by atoms with E-state index < -0.39 is 20.6 Å². The van der Waals surface area contributed by atoms with Gasteiger partial charge in [-0.2, -0.15) is 8.42 Å². The van der Waals surface area contributed by atoms with Gasteiger partial charge < -0.3 is 10.2 Å². The zero-order valence-corrected chi connectivity index (χ0v) is 18.1. The van der Waals surface area contributed by atoms with Crippen LogP contribution in [0.15, 0.2) is 54.6 Å². The zero-order valence-electron chi connectivity index (χ0n) is 14.3. The average molecular weight is 494 g/mol. The first-order valence-corrected chi connectivity index (χ1v) is 10.8. The van der Waals surface area contributed by atoms with Crippen molar-refractivity contribution in [2.24, 2.45) is 0 Å². The lowest BCUT2D eigenvalue weighted by molar-refractivity contribution is 0.439. The molecule has 3 aromatic rings. The van der Waals surface area contributed by atoms with Crippen LogP contribution in [0.25, 0.3) is 0 Å². The van der Waals surface area contributed by atoms with Gasteiger partial charge in [0.15, 0.2) is 4.75 Å².